The highest BCUT2D eigenvalue weighted by Gasteiger charge is 2.16. The zero-order valence-electron chi connectivity index (χ0n) is 21.7. The third kappa shape index (κ3) is 11.0. The zero-order chi connectivity index (χ0) is 25.5. The summed E-state index contributed by atoms with van der Waals surface area (Å²) in [6, 6.07) is 15.8. The summed E-state index contributed by atoms with van der Waals surface area (Å²) >= 11 is 0. The molecule has 0 aliphatic heterocycles. The van der Waals surface area contributed by atoms with E-state index in [1.54, 1.807) is 6.08 Å². The Labute approximate surface area is 211 Å². The highest BCUT2D eigenvalue weighted by Crippen LogP contribution is 2.27. The molecule has 0 amide bonds. The van der Waals surface area contributed by atoms with Gasteiger partial charge in [0.25, 0.3) is 0 Å². The average Bonchev–Trinajstić information content (AvgIpc) is 2.86. The van der Waals surface area contributed by atoms with Crippen LogP contribution in [0.15, 0.2) is 60.2 Å². The van der Waals surface area contributed by atoms with Crippen LogP contribution in [0.2, 0.25) is 0 Å². The summed E-state index contributed by atoms with van der Waals surface area (Å²) in [5.41, 5.74) is 10.7. The molecule has 3 N–H and O–H groups in total. The molecule has 2 aromatic rings. The minimum Gasteiger partial charge on any atom is -0.494 e. The minimum absolute atomic E-state index is 0.141. The van der Waals surface area contributed by atoms with E-state index in [9.17, 15) is 4.79 Å². The largest absolute Gasteiger partial charge is 0.494 e. The summed E-state index contributed by atoms with van der Waals surface area (Å²) < 4.78 is 5.92. The highest BCUT2D eigenvalue weighted by atomic mass is 16.5. The molecule has 2 atom stereocenters. The van der Waals surface area contributed by atoms with Crippen molar-refractivity contribution < 1.29 is 14.6 Å². The van der Waals surface area contributed by atoms with E-state index in [1.165, 1.54) is 50.5 Å². The molecule has 35 heavy (non-hydrogen) atoms. The summed E-state index contributed by atoms with van der Waals surface area (Å²) in [5, 5.41) is 8.76. The number of rotatable bonds is 16. The predicted octanol–water partition coefficient (Wildman–Crippen LogP) is 8.04. The van der Waals surface area contributed by atoms with Crippen molar-refractivity contribution in [1.29, 1.82) is 0 Å². The van der Waals surface area contributed by atoms with Gasteiger partial charge in [0.05, 0.1) is 6.61 Å². The van der Waals surface area contributed by atoms with E-state index >= 15 is 0 Å². The predicted molar refractivity (Wildman–Crippen MR) is 147 cm³/mol. The number of aliphatic carboxylic acids is 1. The summed E-state index contributed by atoms with van der Waals surface area (Å²) in [4.78, 5) is 10.7. The summed E-state index contributed by atoms with van der Waals surface area (Å²) in [7, 11) is 0. The molecule has 4 nitrogen and oxygen atoms in total. The van der Waals surface area contributed by atoms with Gasteiger partial charge in [-0.05, 0) is 54.2 Å². The Morgan fingerprint density at radius 3 is 2.09 bits per heavy atom. The SMILES string of the molecule is CCCCCCCCCCOc1ccc(C=C(C)C(C)C(N)c2ccc(C=CC(=O)O)cc2)cc1. The highest BCUT2D eigenvalue weighted by molar-refractivity contribution is 5.85. The van der Waals surface area contributed by atoms with Crippen molar-refractivity contribution in [1.82, 2.24) is 0 Å². The average molecular weight is 478 g/mol. The maximum Gasteiger partial charge on any atom is 0.328 e. The van der Waals surface area contributed by atoms with E-state index in [2.05, 4.69) is 39.0 Å². The van der Waals surface area contributed by atoms with Gasteiger partial charge in [-0.25, -0.2) is 4.79 Å². The number of hydrogen-bond donors (Lipinski definition) is 2. The van der Waals surface area contributed by atoms with Gasteiger partial charge >= 0.3 is 5.97 Å². The van der Waals surface area contributed by atoms with Gasteiger partial charge in [0, 0.05) is 12.1 Å². The van der Waals surface area contributed by atoms with Gasteiger partial charge in [0.1, 0.15) is 5.75 Å². The first-order chi connectivity index (χ1) is 16.9. The fourth-order valence-electron chi connectivity index (χ4n) is 4.05. The molecule has 0 heterocycles. The van der Waals surface area contributed by atoms with Gasteiger partial charge in [-0.15, -0.1) is 0 Å². The Bertz CT molecular complexity index is 929. The van der Waals surface area contributed by atoms with Crippen molar-refractivity contribution in [2.45, 2.75) is 78.2 Å². The molecule has 0 aliphatic rings. The van der Waals surface area contributed by atoms with E-state index in [-0.39, 0.29) is 12.0 Å². The molecule has 0 aromatic heterocycles. The second kappa shape index (κ2) is 15.9. The van der Waals surface area contributed by atoms with Crippen LogP contribution in [-0.4, -0.2) is 17.7 Å². The molecule has 2 unspecified atom stereocenters. The van der Waals surface area contributed by atoms with Crippen molar-refractivity contribution >= 4 is 18.1 Å². The lowest BCUT2D eigenvalue weighted by atomic mass is 9.88. The third-order valence-electron chi connectivity index (χ3n) is 6.54. The van der Waals surface area contributed by atoms with E-state index in [1.807, 2.05) is 36.4 Å². The Balaban J connectivity index is 1.80. The smallest absolute Gasteiger partial charge is 0.328 e. The first kappa shape index (κ1) is 28.4. The van der Waals surface area contributed by atoms with Crippen molar-refractivity contribution in [3.8, 4) is 5.75 Å². The second-order valence-electron chi connectivity index (χ2n) is 9.43. The number of nitrogens with two attached hydrogens (primary N) is 1. The van der Waals surface area contributed by atoms with E-state index in [4.69, 9.17) is 15.6 Å². The molecule has 190 valence electrons. The number of unbranched alkanes of at least 4 members (excludes halogenated alkanes) is 7. The number of carbonyl (C=O) groups is 1. The molecule has 0 radical (unpaired) electrons. The topological polar surface area (TPSA) is 72.5 Å². The van der Waals surface area contributed by atoms with Crippen molar-refractivity contribution in [2.24, 2.45) is 11.7 Å². The van der Waals surface area contributed by atoms with Crippen LogP contribution in [0.3, 0.4) is 0 Å². The Kier molecular flexibility index (Phi) is 12.9. The van der Waals surface area contributed by atoms with Crippen LogP contribution in [0.5, 0.6) is 5.75 Å². The Hall–Kier alpha value is -2.85. The fraction of sp³-hybridized carbons (Fsp3) is 0.452. The molecule has 0 spiro atoms. The van der Waals surface area contributed by atoms with Crippen LogP contribution in [-0.2, 0) is 4.79 Å². The monoisotopic (exact) mass is 477 g/mol. The number of benzene rings is 2. The van der Waals surface area contributed by atoms with E-state index < -0.39 is 5.97 Å². The van der Waals surface area contributed by atoms with Gasteiger partial charge in [0.2, 0.25) is 0 Å². The fourth-order valence-corrected chi connectivity index (χ4v) is 4.05. The lowest BCUT2D eigenvalue weighted by Gasteiger charge is -2.21. The van der Waals surface area contributed by atoms with Gasteiger partial charge < -0.3 is 15.6 Å². The second-order valence-corrected chi connectivity index (χ2v) is 9.43. The van der Waals surface area contributed by atoms with E-state index in [0.717, 1.165) is 41.5 Å². The number of hydrogen-bond acceptors (Lipinski definition) is 3. The molecular weight excluding hydrogens is 434 g/mol. The van der Waals surface area contributed by atoms with Gasteiger partial charge in [0.15, 0.2) is 0 Å². The van der Waals surface area contributed by atoms with Gasteiger partial charge in [-0.2, -0.15) is 0 Å². The number of ether oxygens (including phenoxy) is 1. The first-order valence-corrected chi connectivity index (χ1v) is 13.1. The van der Waals surface area contributed by atoms with Gasteiger partial charge in [-0.3, -0.25) is 0 Å². The third-order valence-corrected chi connectivity index (χ3v) is 6.54. The van der Waals surface area contributed by atoms with Gasteiger partial charge in [-0.1, -0.05) is 107 Å². The molecule has 0 bridgehead atoms. The maximum atomic E-state index is 10.7. The summed E-state index contributed by atoms with van der Waals surface area (Å²) in [5.74, 6) is 0.126. The molecule has 4 heteroatoms. The van der Waals surface area contributed by atoms with Crippen molar-refractivity contribution in [2.75, 3.05) is 6.61 Å². The molecule has 0 saturated heterocycles. The van der Waals surface area contributed by atoms with Crippen LogP contribution in [0, 0.1) is 5.92 Å². The van der Waals surface area contributed by atoms with Crippen LogP contribution >= 0.6 is 0 Å². The van der Waals surface area contributed by atoms with Crippen LogP contribution in [0.4, 0.5) is 0 Å². The lowest BCUT2D eigenvalue weighted by Crippen LogP contribution is -2.19. The number of carboxylic acid groups (broad SMARTS) is 1. The van der Waals surface area contributed by atoms with Crippen molar-refractivity contribution in [3.63, 3.8) is 0 Å². The molecule has 0 fully saturated rings. The Morgan fingerprint density at radius 2 is 1.49 bits per heavy atom. The van der Waals surface area contributed by atoms with Crippen LogP contribution in [0.1, 0.15) is 94.9 Å². The lowest BCUT2D eigenvalue weighted by molar-refractivity contribution is -0.131. The normalized spacial score (nSPS) is 13.7. The molecule has 2 rings (SSSR count). The summed E-state index contributed by atoms with van der Waals surface area (Å²) in [6.45, 7) is 7.28. The summed E-state index contributed by atoms with van der Waals surface area (Å²) in [6.07, 6.45) is 15.3. The Morgan fingerprint density at radius 1 is 0.914 bits per heavy atom. The molecular formula is C31H43NO3. The minimum atomic E-state index is -0.955. The van der Waals surface area contributed by atoms with Crippen molar-refractivity contribution in [3.05, 3.63) is 76.9 Å². The quantitative estimate of drug-likeness (QED) is 0.189. The van der Waals surface area contributed by atoms with Crippen LogP contribution in [0.25, 0.3) is 12.2 Å². The molecule has 0 aliphatic carbocycles. The molecule has 0 saturated carbocycles. The number of carboxylic acids is 1. The first-order valence-electron chi connectivity index (χ1n) is 13.1. The standard InChI is InChI=1S/C31H43NO3/c1-4-5-6-7-8-9-10-11-22-35-29-19-14-27(15-20-29)23-24(2)25(3)31(32)28-17-12-26(13-18-28)16-21-30(33)34/h12-21,23,25,31H,4-11,22,32H2,1-3H3,(H,33,34). The maximum absolute atomic E-state index is 10.7. The van der Waals surface area contributed by atoms with E-state index in [0.29, 0.717) is 0 Å². The molecule has 2 aromatic carbocycles. The zero-order valence-corrected chi connectivity index (χ0v) is 21.7. The van der Waals surface area contributed by atoms with Crippen LogP contribution < -0.4 is 10.5 Å².